The highest BCUT2D eigenvalue weighted by Gasteiger charge is 2.61. The molecule has 2 unspecified atom stereocenters. The summed E-state index contributed by atoms with van der Waals surface area (Å²) < 4.78 is 46.8. The highest BCUT2D eigenvalue weighted by Crippen LogP contribution is 2.59. The zero-order chi connectivity index (χ0) is 19.2. The molecule has 0 aliphatic heterocycles. The second-order valence-electron chi connectivity index (χ2n) is 7.34. The van der Waals surface area contributed by atoms with Crippen molar-refractivity contribution in [3.63, 3.8) is 0 Å². The second kappa shape index (κ2) is 6.28. The standard InChI is InChI=1S/C20H19FN2O3S/c1-20(2)18(19(20)23-27(24,25)15-9-4-3-5-10-15)16-12-17(26-22-16)13-7-6-8-14(21)11-13/h3-12,18-19,23H,1-2H3. The Bertz CT molecular complexity index is 1080. The van der Waals surface area contributed by atoms with E-state index in [0.29, 0.717) is 17.0 Å². The van der Waals surface area contributed by atoms with Gasteiger partial charge in [-0.2, -0.15) is 0 Å². The Balaban J connectivity index is 1.57. The Hall–Kier alpha value is -2.51. The number of sulfonamides is 1. The predicted molar refractivity (Wildman–Crippen MR) is 99.0 cm³/mol. The molecule has 5 nitrogen and oxygen atoms in total. The Morgan fingerprint density at radius 2 is 1.81 bits per heavy atom. The quantitative estimate of drug-likeness (QED) is 0.721. The van der Waals surface area contributed by atoms with Gasteiger partial charge in [-0.05, 0) is 29.7 Å². The predicted octanol–water partition coefficient (Wildman–Crippen LogP) is 3.95. The summed E-state index contributed by atoms with van der Waals surface area (Å²) in [4.78, 5) is 0.229. The Morgan fingerprint density at radius 1 is 1.07 bits per heavy atom. The highest BCUT2D eigenvalue weighted by molar-refractivity contribution is 7.89. The summed E-state index contributed by atoms with van der Waals surface area (Å²) in [5.41, 5.74) is 0.937. The van der Waals surface area contributed by atoms with Crippen LogP contribution in [0.1, 0.15) is 25.5 Å². The molecule has 0 radical (unpaired) electrons. The third kappa shape index (κ3) is 3.28. The van der Waals surface area contributed by atoms with Crippen LogP contribution < -0.4 is 4.72 Å². The fourth-order valence-corrected chi connectivity index (χ4v) is 4.88. The van der Waals surface area contributed by atoms with Crippen LogP contribution in [-0.2, 0) is 10.0 Å². The van der Waals surface area contributed by atoms with Crippen molar-refractivity contribution in [1.82, 2.24) is 9.88 Å². The summed E-state index contributed by atoms with van der Waals surface area (Å²) in [5, 5.41) is 4.10. The van der Waals surface area contributed by atoms with Crippen molar-refractivity contribution < 1.29 is 17.3 Å². The van der Waals surface area contributed by atoms with Crippen molar-refractivity contribution in [1.29, 1.82) is 0 Å². The van der Waals surface area contributed by atoms with Crippen molar-refractivity contribution in [3.8, 4) is 11.3 Å². The Labute approximate surface area is 157 Å². The fourth-order valence-electron chi connectivity index (χ4n) is 3.46. The first-order valence-electron chi connectivity index (χ1n) is 8.59. The molecule has 1 aromatic heterocycles. The molecular formula is C20H19FN2O3S. The molecule has 1 aliphatic rings. The lowest BCUT2D eigenvalue weighted by molar-refractivity contribution is 0.419. The molecule has 7 heteroatoms. The van der Waals surface area contributed by atoms with Gasteiger partial charge >= 0.3 is 0 Å². The zero-order valence-corrected chi connectivity index (χ0v) is 15.7. The van der Waals surface area contributed by atoms with Gasteiger partial charge < -0.3 is 4.52 Å². The largest absolute Gasteiger partial charge is 0.356 e. The Morgan fingerprint density at radius 3 is 2.52 bits per heavy atom. The van der Waals surface area contributed by atoms with Gasteiger partial charge in [0.05, 0.1) is 10.6 Å². The first-order chi connectivity index (χ1) is 12.8. The van der Waals surface area contributed by atoms with Crippen molar-refractivity contribution in [2.24, 2.45) is 5.41 Å². The lowest BCUT2D eigenvalue weighted by atomic mass is 10.1. The van der Waals surface area contributed by atoms with Crippen molar-refractivity contribution in [2.45, 2.75) is 30.7 Å². The highest BCUT2D eigenvalue weighted by atomic mass is 32.2. The molecule has 140 valence electrons. The van der Waals surface area contributed by atoms with Crippen molar-refractivity contribution >= 4 is 10.0 Å². The number of aromatic nitrogens is 1. The summed E-state index contributed by atoms with van der Waals surface area (Å²) in [7, 11) is -3.62. The number of nitrogens with one attached hydrogen (secondary N) is 1. The van der Waals surface area contributed by atoms with E-state index in [-0.39, 0.29) is 28.1 Å². The van der Waals surface area contributed by atoms with E-state index in [4.69, 9.17) is 4.52 Å². The van der Waals surface area contributed by atoms with Crippen LogP contribution in [0.3, 0.4) is 0 Å². The van der Waals surface area contributed by atoms with E-state index in [1.54, 1.807) is 48.5 Å². The summed E-state index contributed by atoms with van der Waals surface area (Å²) in [6.07, 6.45) is 0. The van der Waals surface area contributed by atoms with Crippen LogP contribution in [0.2, 0.25) is 0 Å². The number of hydrogen-bond acceptors (Lipinski definition) is 4. The molecule has 1 fully saturated rings. The average molecular weight is 386 g/mol. The van der Waals surface area contributed by atoms with E-state index in [9.17, 15) is 12.8 Å². The smallest absolute Gasteiger partial charge is 0.240 e. The maximum absolute atomic E-state index is 13.4. The van der Waals surface area contributed by atoms with Gasteiger partial charge in [0.25, 0.3) is 0 Å². The van der Waals surface area contributed by atoms with Gasteiger partial charge in [-0.3, -0.25) is 0 Å². The van der Waals surface area contributed by atoms with Crippen molar-refractivity contribution in [3.05, 3.63) is 72.2 Å². The molecule has 3 aromatic rings. The SMILES string of the molecule is CC1(C)C(NS(=O)(=O)c2ccccc2)C1c1cc(-c2cccc(F)c2)on1. The van der Waals surface area contributed by atoms with E-state index >= 15 is 0 Å². The van der Waals surface area contributed by atoms with E-state index in [0.717, 1.165) is 0 Å². The van der Waals surface area contributed by atoms with Crippen LogP contribution in [0.5, 0.6) is 0 Å². The molecule has 2 aromatic carbocycles. The minimum absolute atomic E-state index is 0.123. The molecule has 0 saturated heterocycles. The van der Waals surface area contributed by atoms with Crippen LogP contribution in [-0.4, -0.2) is 19.6 Å². The van der Waals surface area contributed by atoms with Crippen LogP contribution >= 0.6 is 0 Å². The molecule has 0 bridgehead atoms. The first-order valence-corrected chi connectivity index (χ1v) is 10.1. The van der Waals surface area contributed by atoms with Gasteiger partial charge in [-0.15, -0.1) is 0 Å². The topological polar surface area (TPSA) is 72.2 Å². The maximum atomic E-state index is 13.4. The van der Waals surface area contributed by atoms with Gasteiger partial charge in [0, 0.05) is 23.6 Å². The maximum Gasteiger partial charge on any atom is 0.240 e. The van der Waals surface area contributed by atoms with Crippen LogP contribution in [0.25, 0.3) is 11.3 Å². The monoisotopic (exact) mass is 386 g/mol. The van der Waals surface area contributed by atoms with Crippen molar-refractivity contribution in [2.75, 3.05) is 0 Å². The molecule has 1 aliphatic carbocycles. The average Bonchev–Trinajstić information content (AvgIpc) is 2.99. The van der Waals surface area contributed by atoms with E-state index in [1.807, 2.05) is 13.8 Å². The Kier molecular flexibility index (Phi) is 4.16. The molecule has 1 N–H and O–H groups in total. The number of rotatable bonds is 5. The van der Waals surface area contributed by atoms with Gasteiger partial charge in [0.2, 0.25) is 10.0 Å². The fraction of sp³-hybridized carbons (Fsp3) is 0.250. The number of benzene rings is 2. The van der Waals surface area contributed by atoms with Gasteiger partial charge in [0.1, 0.15) is 5.82 Å². The van der Waals surface area contributed by atoms with Gasteiger partial charge in [-0.1, -0.05) is 49.3 Å². The first kappa shape index (κ1) is 17.9. The normalized spacial score (nSPS) is 21.1. The second-order valence-corrected chi connectivity index (χ2v) is 9.05. The lowest BCUT2D eigenvalue weighted by Crippen LogP contribution is -2.29. The van der Waals surface area contributed by atoms with Gasteiger partial charge in [-0.25, -0.2) is 17.5 Å². The lowest BCUT2D eigenvalue weighted by Gasteiger charge is -2.07. The minimum Gasteiger partial charge on any atom is -0.356 e. The third-order valence-electron chi connectivity index (χ3n) is 5.12. The van der Waals surface area contributed by atoms with Crippen LogP contribution in [0.15, 0.2) is 70.1 Å². The van der Waals surface area contributed by atoms with Crippen LogP contribution in [0, 0.1) is 11.2 Å². The molecular weight excluding hydrogens is 367 g/mol. The number of nitrogens with zero attached hydrogens (tertiary/aromatic N) is 1. The molecule has 1 heterocycles. The molecule has 27 heavy (non-hydrogen) atoms. The zero-order valence-electron chi connectivity index (χ0n) is 14.9. The summed E-state index contributed by atoms with van der Waals surface area (Å²) in [6, 6.07) is 15.8. The molecule has 0 amide bonds. The van der Waals surface area contributed by atoms with E-state index < -0.39 is 10.0 Å². The van der Waals surface area contributed by atoms with E-state index in [2.05, 4.69) is 9.88 Å². The molecule has 1 saturated carbocycles. The molecule has 0 spiro atoms. The van der Waals surface area contributed by atoms with E-state index in [1.165, 1.54) is 12.1 Å². The summed E-state index contributed by atoms with van der Waals surface area (Å²) >= 11 is 0. The molecule has 4 rings (SSSR count). The number of hydrogen-bond donors (Lipinski definition) is 1. The molecule has 2 atom stereocenters. The summed E-state index contributed by atoms with van der Waals surface area (Å²) in [5.74, 6) is -0.0235. The third-order valence-corrected chi connectivity index (χ3v) is 6.58. The minimum atomic E-state index is -3.62. The van der Waals surface area contributed by atoms with Gasteiger partial charge in [0.15, 0.2) is 5.76 Å². The summed E-state index contributed by atoms with van der Waals surface area (Å²) in [6.45, 7) is 3.96. The van der Waals surface area contributed by atoms with Crippen LogP contribution in [0.4, 0.5) is 4.39 Å². The number of halogens is 1.